The van der Waals surface area contributed by atoms with Gasteiger partial charge in [-0.05, 0) is 46.6 Å². The van der Waals surface area contributed by atoms with Crippen molar-refractivity contribution in [1.29, 1.82) is 0 Å². The summed E-state index contributed by atoms with van der Waals surface area (Å²) in [5.41, 5.74) is 1.71. The minimum atomic E-state index is -3.75. The number of nitrogens with one attached hydrogen (secondary N) is 1. The molecule has 0 saturated carbocycles. The minimum Gasteiger partial charge on any atom is -0.390 e. The smallest absolute Gasteiger partial charge is 0.263 e. The lowest BCUT2D eigenvalue weighted by molar-refractivity contribution is 0.272. The van der Waals surface area contributed by atoms with Gasteiger partial charge >= 0.3 is 0 Å². The van der Waals surface area contributed by atoms with E-state index in [0.717, 1.165) is 5.56 Å². The van der Waals surface area contributed by atoms with Gasteiger partial charge in [0.05, 0.1) is 12.3 Å². The maximum Gasteiger partial charge on any atom is 0.263 e. The van der Waals surface area contributed by atoms with Crippen LogP contribution in [0.3, 0.4) is 0 Å². The fourth-order valence-corrected chi connectivity index (χ4v) is 3.83. The van der Waals surface area contributed by atoms with Crippen LogP contribution >= 0.6 is 27.5 Å². The highest BCUT2D eigenvalue weighted by Crippen LogP contribution is 2.31. The third kappa shape index (κ3) is 3.42. The molecule has 0 aliphatic carbocycles. The van der Waals surface area contributed by atoms with Crippen LogP contribution in [0.1, 0.15) is 11.3 Å². The van der Waals surface area contributed by atoms with Crippen LogP contribution in [0.2, 0.25) is 5.02 Å². The third-order valence-electron chi connectivity index (χ3n) is 3.05. The van der Waals surface area contributed by atoms with Crippen molar-refractivity contribution in [3.63, 3.8) is 0 Å². The second kappa shape index (κ2) is 6.00. The first-order chi connectivity index (χ1) is 9.74. The quantitative estimate of drug-likeness (QED) is 0.838. The summed E-state index contributed by atoms with van der Waals surface area (Å²) in [6.07, 6.45) is 1.44. The molecule has 2 aromatic rings. The Morgan fingerprint density at radius 2 is 2.05 bits per heavy atom. The normalized spacial score (nSPS) is 11.7. The maximum atomic E-state index is 12.4. The second-order valence-corrected chi connectivity index (χ2v) is 7.57. The first-order valence-electron chi connectivity index (χ1n) is 5.99. The molecule has 1 heterocycles. The summed E-state index contributed by atoms with van der Waals surface area (Å²) in [6.45, 7) is 1.60. The molecular formula is C13H14BrClN2O3S. The number of sulfonamides is 1. The second-order valence-electron chi connectivity index (χ2n) is 4.62. The summed E-state index contributed by atoms with van der Waals surface area (Å²) in [7, 11) is -2.08. The number of aliphatic hydroxyl groups is 1. The molecule has 8 heteroatoms. The van der Waals surface area contributed by atoms with Crippen LogP contribution in [0.5, 0.6) is 0 Å². The van der Waals surface area contributed by atoms with E-state index in [-0.39, 0.29) is 11.5 Å². The molecule has 0 spiro atoms. The van der Waals surface area contributed by atoms with Gasteiger partial charge in [0.2, 0.25) is 0 Å². The Kier molecular flexibility index (Phi) is 4.67. The van der Waals surface area contributed by atoms with Gasteiger partial charge in [0.25, 0.3) is 10.0 Å². The predicted octanol–water partition coefficient (Wildman–Crippen LogP) is 3.04. The van der Waals surface area contributed by atoms with Crippen molar-refractivity contribution in [2.45, 2.75) is 18.4 Å². The lowest BCUT2D eigenvalue weighted by Gasteiger charge is -2.10. The fourth-order valence-electron chi connectivity index (χ4n) is 1.81. The average Bonchev–Trinajstić information content (AvgIpc) is 2.78. The lowest BCUT2D eigenvalue weighted by atomic mass is 10.2. The average molecular weight is 394 g/mol. The largest absolute Gasteiger partial charge is 0.390 e. The Morgan fingerprint density at radius 1 is 1.38 bits per heavy atom. The van der Waals surface area contributed by atoms with E-state index >= 15 is 0 Å². The van der Waals surface area contributed by atoms with E-state index in [4.69, 9.17) is 16.7 Å². The topological polar surface area (TPSA) is 71.3 Å². The highest BCUT2D eigenvalue weighted by Gasteiger charge is 2.19. The third-order valence-corrected chi connectivity index (χ3v) is 5.44. The van der Waals surface area contributed by atoms with Crippen molar-refractivity contribution in [1.82, 2.24) is 4.57 Å². The molecule has 2 rings (SSSR count). The van der Waals surface area contributed by atoms with Crippen molar-refractivity contribution in [2.24, 2.45) is 7.05 Å². The SMILES string of the molecule is Cc1cc(Br)c(NS(=O)(=O)c2cc(CO)n(C)c2)cc1Cl. The molecule has 2 N–H and O–H groups in total. The molecule has 1 aromatic carbocycles. The molecule has 114 valence electrons. The first-order valence-corrected chi connectivity index (χ1v) is 8.64. The molecule has 1 aromatic heterocycles. The van der Waals surface area contributed by atoms with Crippen molar-refractivity contribution >= 4 is 43.2 Å². The van der Waals surface area contributed by atoms with E-state index in [0.29, 0.717) is 20.9 Å². The lowest BCUT2D eigenvalue weighted by Crippen LogP contribution is -2.12. The summed E-state index contributed by atoms with van der Waals surface area (Å²) in [6, 6.07) is 4.71. The van der Waals surface area contributed by atoms with E-state index in [1.54, 1.807) is 23.7 Å². The Balaban J connectivity index is 2.39. The van der Waals surface area contributed by atoms with Crippen molar-refractivity contribution in [2.75, 3.05) is 4.72 Å². The van der Waals surface area contributed by atoms with Gasteiger partial charge in [-0.3, -0.25) is 4.72 Å². The van der Waals surface area contributed by atoms with Gasteiger partial charge in [0.1, 0.15) is 4.90 Å². The number of halogens is 2. The van der Waals surface area contributed by atoms with Crippen LogP contribution in [-0.4, -0.2) is 18.1 Å². The van der Waals surface area contributed by atoms with E-state index in [1.165, 1.54) is 12.3 Å². The number of anilines is 1. The Hall–Kier alpha value is -1.02. The summed E-state index contributed by atoms with van der Waals surface area (Å²) >= 11 is 9.33. The molecule has 0 radical (unpaired) electrons. The highest BCUT2D eigenvalue weighted by molar-refractivity contribution is 9.10. The van der Waals surface area contributed by atoms with Gasteiger partial charge in [-0.15, -0.1) is 0 Å². The molecule has 0 saturated heterocycles. The molecule has 5 nitrogen and oxygen atoms in total. The molecule has 0 fully saturated rings. The van der Waals surface area contributed by atoms with Gasteiger partial charge in [0.15, 0.2) is 0 Å². The zero-order chi connectivity index (χ0) is 15.8. The molecule has 0 atom stereocenters. The molecule has 0 aliphatic rings. The summed E-state index contributed by atoms with van der Waals surface area (Å²) in [5.74, 6) is 0. The molecule has 0 aliphatic heterocycles. The monoisotopic (exact) mass is 392 g/mol. The van der Waals surface area contributed by atoms with E-state index in [9.17, 15) is 8.42 Å². The minimum absolute atomic E-state index is 0.0812. The van der Waals surface area contributed by atoms with Crippen molar-refractivity contribution in [3.05, 3.63) is 45.1 Å². The van der Waals surface area contributed by atoms with Crippen LogP contribution in [-0.2, 0) is 23.7 Å². The van der Waals surface area contributed by atoms with Crippen LogP contribution in [0.25, 0.3) is 0 Å². The number of benzene rings is 1. The van der Waals surface area contributed by atoms with Crippen molar-refractivity contribution < 1.29 is 13.5 Å². The summed E-state index contributed by atoms with van der Waals surface area (Å²) in [5, 5.41) is 9.61. The number of aryl methyl sites for hydroxylation is 2. The summed E-state index contributed by atoms with van der Waals surface area (Å²) < 4.78 is 29.4. The standard InChI is InChI=1S/C13H14BrClN2O3S/c1-8-3-11(14)13(5-12(8)15)16-21(19,20)10-4-9(7-18)17(2)6-10/h3-6,16,18H,7H2,1-2H3. The number of aromatic nitrogens is 1. The first kappa shape index (κ1) is 16.4. The van der Waals surface area contributed by atoms with Gasteiger partial charge in [0, 0.05) is 28.4 Å². The predicted molar refractivity (Wildman–Crippen MR) is 86.0 cm³/mol. The maximum absolute atomic E-state index is 12.4. The number of hydrogen-bond acceptors (Lipinski definition) is 3. The Bertz CT molecular complexity index is 787. The van der Waals surface area contributed by atoms with Crippen LogP contribution in [0.4, 0.5) is 5.69 Å². The molecule has 21 heavy (non-hydrogen) atoms. The van der Waals surface area contributed by atoms with Gasteiger partial charge < -0.3 is 9.67 Å². The highest BCUT2D eigenvalue weighted by atomic mass is 79.9. The Morgan fingerprint density at radius 3 is 2.62 bits per heavy atom. The molecule has 0 unspecified atom stereocenters. The van der Waals surface area contributed by atoms with E-state index in [2.05, 4.69) is 20.7 Å². The van der Waals surface area contributed by atoms with E-state index < -0.39 is 10.0 Å². The van der Waals surface area contributed by atoms with Crippen LogP contribution < -0.4 is 4.72 Å². The molecule has 0 amide bonds. The Labute approximate surface area is 136 Å². The molecular weight excluding hydrogens is 380 g/mol. The number of hydrogen-bond donors (Lipinski definition) is 2. The van der Waals surface area contributed by atoms with Crippen LogP contribution in [0.15, 0.2) is 33.8 Å². The number of aliphatic hydroxyl groups excluding tert-OH is 1. The van der Waals surface area contributed by atoms with Gasteiger partial charge in [-0.1, -0.05) is 11.6 Å². The number of rotatable bonds is 4. The fraction of sp³-hybridized carbons (Fsp3) is 0.231. The zero-order valence-corrected chi connectivity index (χ0v) is 14.6. The van der Waals surface area contributed by atoms with E-state index in [1.807, 2.05) is 6.92 Å². The number of nitrogens with zero attached hydrogens (tertiary/aromatic N) is 1. The van der Waals surface area contributed by atoms with Gasteiger partial charge in [-0.25, -0.2) is 8.42 Å². The van der Waals surface area contributed by atoms with Crippen molar-refractivity contribution in [3.8, 4) is 0 Å². The zero-order valence-electron chi connectivity index (χ0n) is 11.4. The molecule has 0 bridgehead atoms. The summed E-state index contributed by atoms with van der Waals surface area (Å²) in [4.78, 5) is 0.0812. The van der Waals surface area contributed by atoms with Crippen LogP contribution in [0, 0.1) is 6.92 Å². The van der Waals surface area contributed by atoms with Gasteiger partial charge in [-0.2, -0.15) is 0 Å².